The monoisotopic (exact) mass is 414 g/mol. The Balaban J connectivity index is 2.34. The summed E-state index contributed by atoms with van der Waals surface area (Å²) in [4.78, 5) is 11.3. The van der Waals surface area contributed by atoms with Crippen molar-refractivity contribution in [2.45, 2.75) is 30.0 Å². The zero-order chi connectivity index (χ0) is 20.4. The molecular weight excluding hydrogens is 396 g/mol. The van der Waals surface area contributed by atoms with Crippen LogP contribution >= 0.6 is 0 Å². The molecule has 1 aliphatic heterocycles. The molecule has 1 fully saturated rings. The summed E-state index contributed by atoms with van der Waals surface area (Å²) in [6.07, 6.45) is -4.36. The maximum Gasteiger partial charge on any atom is 0.405 e. The number of ether oxygens (including phenoxy) is 2. The van der Waals surface area contributed by atoms with Crippen molar-refractivity contribution in [2.75, 3.05) is 27.3 Å². The van der Waals surface area contributed by atoms with Gasteiger partial charge in [0.2, 0.25) is 15.9 Å². The van der Waals surface area contributed by atoms with E-state index in [4.69, 9.17) is 9.47 Å². The van der Waals surface area contributed by atoms with Gasteiger partial charge in [0.1, 0.15) is 23.3 Å². The second-order valence-electron chi connectivity index (χ2n) is 5.74. The van der Waals surface area contributed by atoms with Gasteiger partial charge >= 0.3 is 6.18 Å². The smallest absolute Gasteiger partial charge is 0.405 e. The minimum Gasteiger partial charge on any atom is -0.493 e. The van der Waals surface area contributed by atoms with E-state index >= 15 is 0 Å². The van der Waals surface area contributed by atoms with Crippen LogP contribution in [0.2, 0.25) is 0 Å². The van der Waals surface area contributed by atoms with Gasteiger partial charge in [-0.05, 0) is 12.8 Å². The standard InChI is InChI=1S/C15H18F4N2O5S/c1-25-11-6-9(16)13(7-12(11)26-2)27(23,24)21-5-3-4-10(21)14(22)20-8-15(17,18)19/h6-7,10H,3-5,8H2,1-2H3,(H,20,22). The van der Waals surface area contributed by atoms with Crippen LogP contribution in [0.5, 0.6) is 11.5 Å². The van der Waals surface area contributed by atoms with Gasteiger partial charge in [-0.25, -0.2) is 12.8 Å². The highest BCUT2D eigenvalue weighted by molar-refractivity contribution is 7.89. The van der Waals surface area contributed by atoms with Crippen molar-refractivity contribution < 1.29 is 40.2 Å². The molecule has 7 nitrogen and oxygen atoms in total. The van der Waals surface area contributed by atoms with Gasteiger partial charge in [0.05, 0.1) is 14.2 Å². The highest BCUT2D eigenvalue weighted by Crippen LogP contribution is 2.35. The maximum absolute atomic E-state index is 14.3. The molecule has 152 valence electrons. The summed E-state index contributed by atoms with van der Waals surface area (Å²) < 4.78 is 87.4. The number of hydrogen-bond acceptors (Lipinski definition) is 5. The van der Waals surface area contributed by atoms with Crippen LogP contribution < -0.4 is 14.8 Å². The van der Waals surface area contributed by atoms with Crippen molar-refractivity contribution in [3.05, 3.63) is 17.9 Å². The lowest BCUT2D eigenvalue weighted by molar-refractivity contribution is -0.140. The molecule has 0 spiro atoms. The van der Waals surface area contributed by atoms with E-state index in [1.54, 1.807) is 5.32 Å². The van der Waals surface area contributed by atoms with E-state index in [9.17, 15) is 30.8 Å². The molecule has 1 saturated heterocycles. The Labute approximate surface area is 153 Å². The van der Waals surface area contributed by atoms with E-state index in [0.29, 0.717) is 4.31 Å². The molecule has 1 aromatic carbocycles. The predicted octanol–water partition coefficient (Wildman–Crippen LogP) is 1.67. The van der Waals surface area contributed by atoms with E-state index < -0.39 is 45.4 Å². The molecule has 2 rings (SSSR count). The molecule has 0 aliphatic carbocycles. The van der Waals surface area contributed by atoms with E-state index in [2.05, 4.69) is 0 Å². The van der Waals surface area contributed by atoms with Crippen molar-refractivity contribution in [2.24, 2.45) is 0 Å². The first-order valence-electron chi connectivity index (χ1n) is 7.79. The minimum atomic E-state index is -4.63. The van der Waals surface area contributed by atoms with Crippen LogP contribution in [-0.2, 0) is 14.8 Å². The van der Waals surface area contributed by atoms with Crippen molar-refractivity contribution in [1.29, 1.82) is 0 Å². The number of amides is 1. The van der Waals surface area contributed by atoms with Crippen LogP contribution in [0.15, 0.2) is 17.0 Å². The van der Waals surface area contributed by atoms with Crippen LogP contribution in [0.4, 0.5) is 17.6 Å². The van der Waals surface area contributed by atoms with E-state index in [1.165, 1.54) is 14.2 Å². The molecule has 0 bridgehead atoms. The lowest BCUT2D eigenvalue weighted by Gasteiger charge is -2.24. The number of alkyl halides is 3. The van der Waals surface area contributed by atoms with Gasteiger partial charge in [-0.15, -0.1) is 0 Å². The summed E-state index contributed by atoms with van der Waals surface area (Å²) in [5.41, 5.74) is 0. The average molecular weight is 414 g/mol. The Morgan fingerprint density at radius 2 is 1.85 bits per heavy atom. The van der Waals surface area contributed by atoms with Gasteiger partial charge < -0.3 is 14.8 Å². The van der Waals surface area contributed by atoms with E-state index in [0.717, 1.165) is 12.1 Å². The molecule has 1 heterocycles. The summed E-state index contributed by atoms with van der Waals surface area (Å²) in [6.45, 7) is -1.71. The van der Waals surface area contributed by atoms with Gasteiger partial charge in [-0.3, -0.25) is 4.79 Å². The highest BCUT2D eigenvalue weighted by Gasteiger charge is 2.42. The number of benzene rings is 1. The van der Waals surface area contributed by atoms with Gasteiger partial charge in [0.25, 0.3) is 0 Å². The molecule has 0 radical (unpaired) electrons. The predicted molar refractivity (Wildman–Crippen MR) is 85.5 cm³/mol. The first kappa shape index (κ1) is 21.2. The molecule has 1 unspecified atom stereocenters. The number of rotatable bonds is 6. The number of halogens is 4. The van der Waals surface area contributed by atoms with Crippen LogP contribution in [-0.4, -0.2) is 58.2 Å². The molecule has 12 heteroatoms. The third-order valence-electron chi connectivity index (χ3n) is 3.99. The largest absolute Gasteiger partial charge is 0.493 e. The third kappa shape index (κ3) is 4.61. The van der Waals surface area contributed by atoms with Crippen LogP contribution in [0.3, 0.4) is 0 Å². The first-order valence-corrected chi connectivity index (χ1v) is 9.23. The SMILES string of the molecule is COc1cc(F)c(S(=O)(=O)N2CCCC2C(=O)NCC(F)(F)F)cc1OC. The number of methoxy groups -OCH3 is 2. The molecule has 1 amide bonds. The molecule has 1 aromatic rings. The summed E-state index contributed by atoms with van der Waals surface area (Å²) in [7, 11) is -2.02. The van der Waals surface area contributed by atoms with Crippen LogP contribution in [0.25, 0.3) is 0 Å². The lowest BCUT2D eigenvalue weighted by Crippen LogP contribution is -2.48. The maximum atomic E-state index is 14.3. The van der Waals surface area contributed by atoms with Gasteiger partial charge in [0, 0.05) is 18.7 Å². The lowest BCUT2D eigenvalue weighted by atomic mass is 10.2. The first-order chi connectivity index (χ1) is 12.5. The third-order valence-corrected chi connectivity index (χ3v) is 5.92. The van der Waals surface area contributed by atoms with Crippen LogP contribution in [0, 0.1) is 5.82 Å². The number of nitrogens with one attached hydrogen (secondary N) is 1. The zero-order valence-electron chi connectivity index (χ0n) is 14.5. The van der Waals surface area contributed by atoms with Gasteiger partial charge in [0.15, 0.2) is 11.5 Å². The summed E-state index contributed by atoms with van der Waals surface area (Å²) >= 11 is 0. The van der Waals surface area contributed by atoms with E-state index in [-0.39, 0.29) is 30.9 Å². The number of carbonyl (C=O) groups excluding carboxylic acids is 1. The minimum absolute atomic E-state index is 0.0256. The normalized spacial score (nSPS) is 18.4. The number of carbonyl (C=O) groups is 1. The Morgan fingerprint density at radius 3 is 2.41 bits per heavy atom. The summed E-state index contributed by atoms with van der Waals surface area (Å²) in [5, 5.41) is 1.67. The fourth-order valence-electron chi connectivity index (χ4n) is 2.75. The number of sulfonamides is 1. The van der Waals surface area contributed by atoms with Gasteiger partial charge in [-0.2, -0.15) is 17.5 Å². The zero-order valence-corrected chi connectivity index (χ0v) is 15.3. The molecule has 0 aromatic heterocycles. The van der Waals surface area contributed by atoms with Crippen LogP contribution in [0.1, 0.15) is 12.8 Å². The number of nitrogens with zero attached hydrogens (tertiary/aromatic N) is 1. The quantitative estimate of drug-likeness (QED) is 0.716. The average Bonchev–Trinajstić information content (AvgIpc) is 3.09. The van der Waals surface area contributed by atoms with Crippen molar-refractivity contribution in [3.8, 4) is 11.5 Å². The number of hydrogen-bond donors (Lipinski definition) is 1. The highest BCUT2D eigenvalue weighted by atomic mass is 32.2. The second kappa shape index (κ2) is 7.89. The fourth-order valence-corrected chi connectivity index (χ4v) is 4.47. The Bertz CT molecular complexity index is 813. The summed E-state index contributed by atoms with van der Waals surface area (Å²) in [6, 6.07) is 0.373. The topological polar surface area (TPSA) is 84.9 Å². The fraction of sp³-hybridized carbons (Fsp3) is 0.533. The van der Waals surface area contributed by atoms with Crippen molar-refractivity contribution >= 4 is 15.9 Å². The molecular formula is C15H18F4N2O5S. The Morgan fingerprint density at radius 1 is 1.26 bits per heavy atom. The van der Waals surface area contributed by atoms with Crippen molar-refractivity contribution in [1.82, 2.24) is 9.62 Å². The Hall–Kier alpha value is -2.08. The molecule has 1 N–H and O–H groups in total. The van der Waals surface area contributed by atoms with E-state index in [1.807, 2.05) is 0 Å². The molecule has 27 heavy (non-hydrogen) atoms. The van der Waals surface area contributed by atoms with Gasteiger partial charge in [-0.1, -0.05) is 0 Å². The second-order valence-corrected chi connectivity index (χ2v) is 7.60. The molecule has 0 saturated carbocycles. The van der Waals surface area contributed by atoms with Crippen molar-refractivity contribution in [3.63, 3.8) is 0 Å². The Kier molecular flexibility index (Phi) is 6.20. The molecule has 1 atom stereocenters. The molecule has 1 aliphatic rings. The summed E-state index contributed by atoms with van der Waals surface area (Å²) in [5.74, 6) is -2.30.